The van der Waals surface area contributed by atoms with Gasteiger partial charge in [0.15, 0.2) is 5.11 Å². The normalized spacial score (nSPS) is 17.2. The van der Waals surface area contributed by atoms with Gasteiger partial charge in [0.2, 0.25) is 0 Å². The quantitative estimate of drug-likeness (QED) is 0.765. The third-order valence-electron chi connectivity index (χ3n) is 4.50. The zero-order valence-corrected chi connectivity index (χ0v) is 15.9. The van der Waals surface area contributed by atoms with E-state index in [4.69, 9.17) is 23.8 Å². The Morgan fingerprint density at radius 3 is 2.84 bits per heavy atom. The summed E-state index contributed by atoms with van der Waals surface area (Å²) in [7, 11) is 0. The van der Waals surface area contributed by atoms with Crippen LogP contribution < -0.4 is 15.5 Å². The van der Waals surface area contributed by atoms with Gasteiger partial charge in [0.25, 0.3) is 0 Å². The molecule has 0 aliphatic carbocycles. The molecule has 0 unspecified atom stereocenters. The fourth-order valence-electron chi connectivity index (χ4n) is 3.06. The molecular weight excluding hydrogens is 352 g/mol. The fourth-order valence-corrected chi connectivity index (χ4v) is 3.45. The zero-order chi connectivity index (χ0) is 17.6. The van der Waals surface area contributed by atoms with Crippen molar-refractivity contribution in [2.24, 2.45) is 0 Å². The Morgan fingerprint density at radius 2 is 2.12 bits per heavy atom. The first-order chi connectivity index (χ1) is 12.1. The van der Waals surface area contributed by atoms with E-state index in [1.165, 1.54) is 19.3 Å². The van der Waals surface area contributed by atoms with Gasteiger partial charge in [-0.3, -0.25) is 0 Å². The summed E-state index contributed by atoms with van der Waals surface area (Å²) in [4.78, 5) is 6.97. The van der Waals surface area contributed by atoms with Crippen LogP contribution in [0.3, 0.4) is 0 Å². The summed E-state index contributed by atoms with van der Waals surface area (Å²) in [5, 5.41) is 7.63. The lowest BCUT2D eigenvalue weighted by Crippen LogP contribution is -2.37. The van der Waals surface area contributed by atoms with Gasteiger partial charge < -0.3 is 15.5 Å². The first-order valence-corrected chi connectivity index (χ1v) is 9.43. The molecule has 2 aromatic rings. The minimum atomic E-state index is 0.554. The average Bonchev–Trinajstić information content (AvgIpc) is 2.62. The molecule has 25 heavy (non-hydrogen) atoms. The topological polar surface area (TPSA) is 40.2 Å². The van der Waals surface area contributed by atoms with Crippen molar-refractivity contribution >= 4 is 40.4 Å². The van der Waals surface area contributed by atoms with Gasteiger partial charge >= 0.3 is 0 Å². The van der Waals surface area contributed by atoms with Crippen LogP contribution in [0.4, 0.5) is 11.5 Å². The van der Waals surface area contributed by atoms with Gasteiger partial charge in [-0.1, -0.05) is 29.8 Å². The zero-order valence-electron chi connectivity index (χ0n) is 14.3. The molecule has 2 heterocycles. The van der Waals surface area contributed by atoms with E-state index in [-0.39, 0.29) is 0 Å². The molecular formula is C19H23ClN4S. The molecule has 1 atom stereocenters. The first kappa shape index (κ1) is 18.0. The molecule has 1 aromatic heterocycles. The number of hydrogen-bond donors (Lipinski definition) is 2. The maximum Gasteiger partial charge on any atom is 0.171 e. The lowest BCUT2D eigenvalue weighted by atomic mass is 10.0. The Labute approximate surface area is 159 Å². The van der Waals surface area contributed by atoms with Gasteiger partial charge in [-0.2, -0.15) is 0 Å². The van der Waals surface area contributed by atoms with Crippen LogP contribution in [0, 0.1) is 0 Å². The number of halogens is 1. The molecule has 1 aliphatic heterocycles. The van der Waals surface area contributed by atoms with Crippen LogP contribution >= 0.6 is 23.8 Å². The number of benzene rings is 1. The highest BCUT2D eigenvalue weighted by atomic mass is 35.5. The van der Waals surface area contributed by atoms with E-state index in [9.17, 15) is 0 Å². The second kappa shape index (κ2) is 8.50. The van der Waals surface area contributed by atoms with E-state index in [1.807, 2.05) is 36.5 Å². The highest BCUT2D eigenvalue weighted by Gasteiger charge is 2.19. The Balaban J connectivity index is 1.54. The number of nitrogens with zero attached hydrogens (tertiary/aromatic N) is 2. The molecule has 0 bridgehead atoms. The number of rotatable bonds is 4. The Morgan fingerprint density at radius 1 is 1.28 bits per heavy atom. The largest absolute Gasteiger partial charge is 0.358 e. The first-order valence-electron chi connectivity index (χ1n) is 8.64. The highest BCUT2D eigenvalue weighted by molar-refractivity contribution is 7.80. The van der Waals surface area contributed by atoms with Crippen LogP contribution in [0.5, 0.6) is 0 Å². The summed E-state index contributed by atoms with van der Waals surface area (Å²) in [6.45, 7) is 3.93. The second-order valence-corrected chi connectivity index (χ2v) is 7.16. The van der Waals surface area contributed by atoms with Crippen molar-refractivity contribution in [3.63, 3.8) is 0 Å². The van der Waals surface area contributed by atoms with E-state index in [0.717, 1.165) is 28.6 Å². The van der Waals surface area contributed by atoms with E-state index >= 15 is 0 Å². The molecule has 1 fully saturated rings. The summed E-state index contributed by atoms with van der Waals surface area (Å²) in [6, 6.07) is 12.4. The summed E-state index contributed by atoms with van der Waals surface area (Å²) >= 11 is 11.5. The van der Waals surface area contributed by atoms with Gasteiger partial charge in [-0.25, -0.2) is 4.98 Å². The second-order valence-electron chi connectivity index (χ2n) is 6.34. The van der Waals surface area contributed by atoms with Crippen molar-refractivity contribution in [3.8, 4) is 0 Å². The van der Waals surface area contributed by atoms with Crippen molar-refractivity contribution in [2.45, 2.75) is 38.8 Å². The van der Waals surface area contributed by atoms with Gasteiger partial charge in [0.1, 0.15) is 5.82 Å². The molecule has 0 saturated carbocycles. The van der Waals surface area contributed by atoms with Crippen LogP contribution in [0.1, 0.15) is 31.7 Å². The predicted octanol–water partition coefficient (Wildman–Crippen LogP) is 4.60. The van der Waals surface area contributed by atoms with Crippen LogP contribution in [0.25, 0.3) is 0 Å². The maximum atomic E-state index is 6.15. The van der Waals surface area contributed by atoms with E-state index in [1.54, 1.807) is 0 Å². The van der Waals surface area contributed by atoms with Crippen LogP contribution in [0.15, 0.2) is 42.6 Å². The Kier molecular flexibility index (Phi) is 6.10. The van der Waals surface area contributed by atoms with Gasteiger partial charge in [0.05, 0.1) is 11.9 Å². The van der Waals surface area contributed by atoms with E-state index < -0.39 is 0 Å². The van der Waals surface area contributed by atoms with Gasteiger partial charge in [-0.15, -0.1) is 0 Å². The third-order valence-corrected chi connectivity index (χ3v) is 5.12. The third kappa shape index (κ3) is 4.83. The Hall–Kier alpha value is -1.85. The number of hydrogen-bond acceptors (Lipinski definition) is 3. The van der Waals surface area contributed by atoms with Gasteiger partial charge in [0, 0.05) is 24.2 Å². The molecule has 1 saturated heterocycles. The Bertz CT molecular complexity index is 720. The van der Waals surface area contributed by atoms with Crippen molar-refractivity contribution in [1.29, 1.82) is 0 Å². The molecule has 132 valence electrons. The van der Waals surface area contributed by atoms with E-state index in [2.05, 4.69) is 33.5 Å². The lowest BCUT2D eigenvalue weighted by molar-refractivity contribution is 0.481. The SMILES string of the molecule is C[C@@H]1CCCCN1c1ccc(NC(=S)NCc2ccccc2Cl)cn1. The predicted molar refractivity (Wildman–Crippen MR) is 109 cm³/mol. The van der Waals surface area contributed by atoms with Crippen LogP contribution in [-0.2, 0) is 6.54 Å². The molecule has 0 radical (unpaired) electrons. The minimum Gasteiger partial charge on any atom is -0.358 e. The van der Waals surface area contributed by atoms with Gasteiger partial charge in [-0.05, 0) is 62.2 Å². The molecule has 4 nitrogen and oxygen atoms in total. The molecule has 0 amide bonds. The minimum absolute atomic E-state index is 0.554. The summed E-state index contributed by atoms with van der Waals surface area (Å²) in [5.41, 5.74) is 1.89. The van der Waals surface area contributed by atoms with Crippen molar-refractivity contribution in [2.75, 3.05) is 16.8 Å². The molecule has 2 N–H and O–H groups in total. The number of nitrogens with one attached hydrogen (secondary N) is 2. The fraction of sp³-hybridized carbons (Fsp3) is 0.368. The number of pyridine rings is 1. The molecule has 3 rings (SSSR count). The number of piperidine rings is 1. The smallest absolute Gasteiger partial charge is 0.171 e. The molecule has 6 heteroatoms. The average molecular weight is 375 g/mol. The summed E-state index contributed by atoms with van der Waals surface area (Å²) in [6.07, 6.45) is 5.61. The van der Waals surface area contributed by atoms with Crippen molar-refractivity contribution in [3.05, 3.63) is 53.2 Å². The van der Waals surface area contributed by atoms with Crippen molar-refractivity contribution in [1.82, 2.24) is 10.3 Å². The monoisotopic (exact) mass is 374 g/mol. The number of anilines is 2. The van der Waals surface area contributed by atoms with Crippen LogP contribution in [0.2, 0.25) is 5.02 Å². The molecule has 0 spiro atoms. The molecule has 1 aromatic carbocycles. The summed E-state index contributed by atoms with van der Waals surface area (Å²) < 4.78 is 0. The van der Waals surface area contributed by atoms with Crippen LogP contribution in [-0.4, -0.2) is 22.7 Å². The highest BCUT2D eigenvalue weighted by Crippen LogP contribution is 2.23. The molecule has 1 aliphatic rings. The lowest BCUT2D eigenvalue weighted by Gasteiger charge is -2.34. The summed E-state index contributed by atoms with van der Waals surface area (Å²) in [5.74, 6) is 1.03. The van der Waals surface area contributed by atoms with Crippen molar-refractivity contribution < 1.29 is 0 Å². The number of thiocarbonyl (C=S) groups is 1. The number of aromatic nitrogens is 1. The maximum absolute atomic E-state index is 6.15. The standard InChI is InChI=1S/C19H23ClN4S/c1-14-6-4-5-11-24(14)18-10-9-16(13-21-18)23-19(25)22-12-15-7-2-3-8-17(15)20/h2-3,7-10,13-14H,4-6,11-12H2,1H3,(H2,22,23,25)/t14-/m1/s1. The van der Waals surface area contributed by atoms with E-state index in [0.29, 0.717) is 17.7 Å².